The molecule has 4 heteroatoms. The number of fused-ring (bicyclic) bond motifs is 4. The fraction of sp³-hybridized carbons (Fsp3) is 0.250. The first kappa shape index (κ1) is 20.3. The van der Waals surface area contributed by atoms with E-state index in [1.165, 1.54) is 0 Å². The Morgan fingerprint density at radius 2 is 1.00 bits per heavy atom. The quantitative estimate of drug-likeness (QED) is 0.289. The van der Waals surface area contributed by atoms with E-state index < -0.39 is 11.2 Å². The van der Waals surface area contributed by atoms with Crippen molar-refractivity contribution in [1.29, 1.82) is 0 Å². The molecule has 32 heavy (non-hydrogen) atoms. The molecular formula is C28H26N2O2. The fourth-order valence-corrected chi connectivity index (χ4v) is 4.58. The molecule has 0 spiro atoms. The second-order valence-corrected chi connectivity index (χ2v) is 9.56. The zero-order valence-electron chi connectivity index (χ0n) is 18.8. The molecule has 0 aliphatic carbocycles. The van der Waals surface area contributed by atoms with Crippen molar-refractivity contribution in [3.05, 3.63) is 72.8 Å². The Morgan fingerprint density at radius 3 is 1.41 bits per heavy atom. The van der Waals surface area contributed by atoms with Gasteiger partial charge in [-0.15, -0.1) is 0 Å². The van der Waals surface area contributed by atoms with Crippen LogP contribution in [0, 0.1) is 0 Å². The van der Waals surface area contributed by atoms with Gasteiger partial charge in [-0.25, -0.2) is 0 Å². The van der Waals surface area contributed by atoms with E-state index in [2.05, 4.69) is 68.0 Å². The summed E-state index contributed by atoms with van der Waals surface area (Å²) in [4.78, 5) is 9.11. The molecule has 4 nitrogen and oxygen atoms in total. The number of aliphatic imine (C=N–C) groups is 2. The Labute approximate surface area is 188 Å². The van der Waals surface area contributed by atoms with Gasteiger partial charge in [0.05, 0.1) is 0 Å². The summed E-state index contributed by atoms with van der Waals surface area (Å²) in [6, 6.07) is 27.4. The maximum Gasteiger partial charge on any atom is 0.147 e. The van der Waals surface area contributed by atoms with Crippen LogP contribution < -0.4 is 9.47 Å². The van der Waals surface area contributed by atoms with Crippen LogP contribution in [-0.4, -0.2) is 17.2 Å². The highest BCUT2D eigenvalue weighted by Crippen LogP contribution is 2.40. The van der Waals surface area contributed by atoms with Gasteiger partial charge in [-0.05, 0) is 73.5 Å². The number of rotatable bonds is 0. The first-order valence-electron chi connectivity index (χ1n) is 10.9. The third-order valence-electron chi connectivity index (χ3n) is 5.62. The van der Waals surface area contributed by atoms with E-state index in [1.54, 1.807) is 0 Å². The van der Waals surface area contributed by atoms with Gasteiger partial charge in [0.1, 0.15) is 40.1 Å². The molecule has 0 saturated heterocycles. The van der Waals surface area contributed by atoms with Gasteiger partial charge in [-0.2, -0.15) is 9.98 Å². The highest BCUT2D eigenvalue weighted by atomic mass is 16.5. The molecule has 0 unspecified atom stereocenters. The smallest absolute Gasteiger partial charge is 0.147 e. The number of nitrogens with zero attached hydrogens (tertiary/aromatic N) is 2. The van der Waals surface area contributed by atoms with Crippen LogP contribution in [0.1, 0.15) is 34.1 Å². The highest BCUT2D eigenvalue weighted by Gasteiger charge is 2.33. The normalized spacial score (nSPS) is 16.9. The standard InChI is InChI=1S/C28H26N2O2/c1-27(2)17-28(3,4)32-26-16-22-12-8-6-10-20(22)14-24(26)30-18-29-23-13-19-9-5-7-11-21(19)15-25(23)31-27/h5-16H,17H2,1-4H3. The van der Waals surface area contributed by atoms with Gasteiger partial charge in [0, 0.05) is 6.42 Å². The topological polar surface area (TPSA) is 43.2 Å². The molecular weight excluding hydrogens is 396 g/mol. The van der Waals surface area contributed by atoms with Gasteiger partial charge < -0.3 is 9.47 Å². The highest BCUT2D eigenvalue weighted by molar-refractivity contribution is 5.90. The molecule has 0 amide bonds. The van der Waals surface area contributed by atoms with Gasteiger partial charge >= 0.3 is 0 Å². The number of benzene rings is 4. The molecule has 4 aromatic carbocycles. The second-order valence-electron chi connectivity index (χ2n) is 9.56. The molecule has 160 valence electrons. The minimum Gasteiger partial charge on any atom is -0.485 e. The summed E-state index contributed by atoms with van der Waals surface area (Å²) >= 11 is 0. The first-order valence-corrected chi connectivity index (χ1v) is 10.9. The lowest BCUT2D eigenvalue weighted by Gasteiger charge is -2.36. The van der Waals surface area contributed by atoms with Crippen molar-refractivity contribution in [3.63, 3.8) is 0 Å². The predicted octanol–water partition coefficient (Wildman–Crippen LogP) is 7.85. The third kappa shape index (κ3) is 4.10. The van der Waals surface area contributed by atoms with Gasteiger partial charge in [0.2, 0.25) is 0 Å². The van der Waals surface area contributed by atoms with Gasteiger partial charge in [-0.3, -0.25) is 0 Å². The summed E-state index contributed by atoms with van der Waals surface area (Å²) in [7, 11) is 0. The molecule has 0 bridgehead atoms. The summed E-state index contributed by atoms with van der Waals surface area (Å²) in [5, 5.41) is 4.41. The van der Waals surface area contributed by atoms with Gasteiger partial charge in [0.25, 0.3) is 0 Å². The van der Waals surface area contributed by atoms with Crippen LogP contribution >= 0.6 is 0 Å². The van der Waals surface area contributed by atoms with Crippen LogP contribution in [0.4, 0.5) is 11.4 Å². The van der Waals surface area contributed by atoms with Crippen molar-refractivity contribution in [3.8, 4) is 11.5 Å². The summed E-state index contributed by atoms with van der Waals surface area (Å²) in [6.45, 7) is 8.34. The largest absolute Gasteiger partial charge is 0.485 e. The van der Waals surface area contributed by atoms with E-state index in [9.17, 15) is 0 Å². The van der Waals surface area contributed by atoms with E-state index in [1.807, 2.05) is 48.5 Å². The lowest BCUT2D eigenvalue weighted by Crippen LogP contribution is -2.41. The Balaban J connectivity index is 1.73. The van der Waals surface area contributed by atoms with Crippen molar-refractivity contribution in [2.45, 2.75) is 45.3 Å². The molecule has 0 N–H and O–H groups in total. The van der Waals surface area contributed by atoms with Crippen LogP contribution in [-0.2, 0) is 0 Å². The Kier molecular flexibility index (Phi) is 4.76. The number of ether oxygens (including phenoxy) is 2. The third-order valence-corrected chi connectivity index (χ3v) is 5.62. The van der Waals surface area contributed by atoms with Gasteiger partial charge in [-0.1, -0.05) is 48.5 Å². The fourth-order valence-electron chi connectivity index (χ4n) is 4.58. The monoisotopic (exact) mass is 422 g/mol. The molecule has 0 radical (unpaired) electrons. The minimum atomic E-state index is -0.483. The molecule has 0 atom stereocenters. The number of hydrogen-bond acceptors (Lipinski definition) is 4. The van der Waals surface area contributed by atoms with Crippen LogP contribution in [0.15, 0.2) is 82.8 Å². The summed E-state index contributed by atoms with van der Waals surface area (Å²) in [5.41, 5.74) is 0.456. The van der Waals surface area contributed by atoms with Crippen molar-refractivity contribution < 1.29 is 9.47 Å². The molecule has 0 fully saturated rings. The van der Waals surface area contributed by atoms with Crippen molar-refractivity contribution in [2.75, 3.05) is 0 Å². The molecule has 0 saturated carbocycles. The molecule has 5 rings (SSSR count). The van der Waals surface area contributed by atoms with E-state index >= 15 is 0 Å². The van der Waals surface area contributed by atoms with Crippen LogP contribution in [0.2, 0.25) is 0 Å². The maximum absolute atomic E-state index is 6.50. The van der Waals surface area contributed by atoms with E-state index in [0.29, 0.717) is 29.3 Å². The second kappa shape index (κ2) is 7.51. The van der Waals surface area contributed by atoms with Crippen molar-refractivity contribution in [1.82, 2.24) is 0 Å². The average molecular weight is 423 g/mol. The average Bonchev–Trinajstić information content (AvgIpc) is 2.72. The number of hydrogen-bond donors (Lipinski definition) is 0. The lowest BCUT2D eigenvalue weighted by molar-refractivity contribution is 0.00574. The van der Waals surface area contributed by atoms with Crippen LogP contribution in [0.5, 0.6) is 11.5 Å². The Hall–Kier alpha value is -3.62. The van der Waals surface area contributed by atoms with E-state index in [-0.39, 0.29) is 0 Å². The minimum absolute atomic E-state index is 0.483. The lowest BCUT2D eigenvalue weighted by atomic mass is 9.91. The van der Waals surface area contributed by atoms with E-state index in [0.717, 1.165) is 21.5 Å². The Bertz CT molecular complexity index is 1290. The van der Waals surface area contributed by atoms with Gasteiger partial charge in [0.15, 0.2) is 0 Å². The van der Waals surface area contributed by atoms with Crippen LogP contribution in [0.3, 0.4) is 0 Å². The summed E-state index contributed by atoms with van der Waals surface area (Å²) < 4.78 is 13.0. The molecule has 0 aromatic heterocycles. The van der Waals surface area contributed by atoms with Crippen molar-refractivity contribution >= 4 is 38.9 Å². The van der Waals surface area contributed by atoms with Crippen molar-refractivity contribution in [2.24, 2.45) is 9.98 Å². The maximum atomic E-state index is 6.50. The molecule has 4 aromatic rings. The molecule has 1 aliphatic heterocycles. The molecule has 1 heterocycles. The zero-order chi connectivity index (χ0) is 22.3. The zero-order valence-corrected chi connectivity index (χ0v) is 18.8. The predicted molar refractivity (Wildman–Crippen MR) is 131 cm³/mol. The Morgan fingerprint density at radius 1 is 0.625 bits per heavy atom. The molecule has 1 aliphatic rings. The summed E-state index contributed by atoms with van der Waals surface area (Å²) in [5.74, 6) is 1.43. The first-order chi connectivity index (χ1) is 15.3. The summed E-state index contributed by atoms with van der Waals surface area (Å²) in [6.07, 6.45) is 0.673. The van der Waals surface area contributed by atoms with E-state index in [4.69, 9.17) is 9.47 Å². The SMILES string of the molecule is CC1(C)CC(C)(C)Oc2cc3ccccc3cc2N=C=Nc2cc3ccccc3cc2O1. The van der Waals surface area contributed by atoms with Crippen LogP contribution in [0.25, 0.3) is 21.5 Å².